The first kappa shape index (κ1) is 31.2. The lowest BCUT2D eigenvalue weighted by Crippen LogP contribution is -2.62. The van der Waals surface area contributed by atoms with Gasteiger partial charge in [0.05, 0.1) is 16.3 Å². The van der Waals surface area contributed by atoms with E-state index in [1.165, 1.54) is 12.8 Å². The second kappa shape index (κ2) is 15.3. The van der Waals surface area contributed by atoms with Gasteiger partial charge in [-0.2, -0.15) is 0 Å². The van der Waals surface area contributed by atoms with Crippen LogP contribution in [0.25, 0.3) is 0 Å². The number of likely N-dealkylation sites (tertiary alicyclic amines) is 1. The Kier molecular flexibility index (Phi) is 14.0. The summed E-state index contributed by atoms with van der Waals surface area (Å²) in [6.07, 6.45) is 7.10. The van der Waals surface area contributed by atoms with Gasteiger partial charge < -0.3 is 5.32 Å². The summed E-state index contributed by atoms with van der Waals surface area (Å²) in [4.78, 5) is 15.3. The highest BCUT2D eigenvalue weighted by Gasteiger charge is 2.42. The number of benzene rings is 1. The number of nitrogens with zero attached hydrogens (tertiary/aromatic N) is 2. The standard InChI is InChI=1S/C22H34ClN3O3S.C2H6.CH3Cl/c1-3-15-30(28,29)26-13-9-22(10-14-26,25-11-5-4-6-12-25)17-24-21(27)19-8-7-18(2)16-20(19)23;2*1-2/h7-8,16H,3-6,9-15,17H2,1-2H3,(H,24,27);1-2H3;1H3. The van der Waals surface area contributed by atoms with Crippen LogP contribution in [0.15, 0.2) is 18.2 Å². The molecule has 2 heterocycles. The van der Waals surface area contributed by atoms with Crippen LogP contribution in [0.5, 0.6) is 0 Å². The number of halogens is 2. The third-order valence-corrected chi connectivity index (χ3v) is 8.87. The van der Waals surface area contributed by atoms with Crippen molar-refractivity contribution >= 4 is 39.1 Å². The predicted molar refractivity (Wildman–Crippen MR) is 145 cm³/mol. The Morgan fingerprint density at radius 3 is 2.18 bits per heavy atom. The maximum Gasteiger partial charge on any atom is 0.252 e. The quantitative estimate of drug-likeness (QED) is 0.479. The number of carbonyl (C=O) groups is 1. The van der Waals surface area contributed by atoms with Gasteiger partial charge in [0.25, 0.3) is 5.91 Å². The second-order valence-electron chi connectivity index (χ2n) is 8.65. The molecule has 2 aliphatic rings. The number of sulfonamides is 1. The molecule has 0 unspecified atom stereocenters. The highest BCUT2D eigenvalue weighted by Crippen LogP contribution is 2.32. The highest BCUT2D eigenvalue weighted by atomic mass is 35.5. The van der Waals surface area contributed by atoms with Crippen molar-refractivity contribution in [2.24, 2.45) is 0 Å². The predicted octanol–water partition coefficient (Wildman–Crippen LogP) is 5.32. The van der Waals surface area contributed by atoms with Gasteiger partial charge in [-0.25, -0.2) is 12.7 Å². The Hall–Kier alpha value is -0.860. The summed E-state index contributed by atoms with van der Waals surface area (Å²) in [7, 11) is -3.19. The first-order chi connectivity index (χ1) is 16.3. The van der Waals surface area contributed by atoms with Gasteiger partial charge in [0.2, 0.25) is 10.0 Å². The Bertz CT molecular complexity index is 851. The van der Waals surface area contributed by atoms with Gasteiger partial charge in [-0.15, -0.1) is 11.6 Å². The van der Waals surface area contributed by atoms with Gasteiger partial charge in [-0.3, -0.25) is 9.69 Å². The molecule has 1 aromatic rings. The van der Waals surface area contributed by atoms with E-state index in [1.54, 1.807) is 16.4 Å². The summed E-state index contributed by atoms with van der Waals surface area (Å²) in [5, 5.41) is 3.57. The monoisotopic (exact) mass is 535 g/mol. The van der Waals surface area contributed by atoms with Crippen molar-refractivity contribution in [2.75, 3.05) is 44.9 Å². The SMILES string of the molecule is CC.CCCS(=O)(=O)N1CCC(CNC(=O)c2ccc(C)cc2Cl)(N2CCCCC2)CC1.CCl. The molecule has 6 nitrogen and oxygen atoms in total. The van der Waals surface area contributed by atoms with Gasteiger partial charge in [0, 0.05) is 31.6 Å². The van der Waals surface area contributed by atoms with Crippen molar-refractivity contribution in [1.82, 2.24) is 14.5 Å². The van der Waals surface area contributed by atoms with Gasteiger partial charge >= 0.3 is 0 Å². The van der Waals surface area contributed by atoms with Crippen molar-refractivity contribution in [3.63, 3.8) is 0 Å². The Morgan fingerprint density at radius 2 is 1.65 bits per heavy atom. The van der Waals surface area contributed by atoms with E-state index in [2.05, 4.69) is 21.8 Å². The summed E-state index contributed by atoms with van der Waals surface area (Å²) in [5.41, 5.74) is 1.30. The van der Waals surface area contributed by atoms with Crippen molar-refractivity contribution in [3.8, 4) is 0 Å². The van der Waals surface area contributed by atoms with Gasteiger partial charge in [-0.05, 0) is 69.8 Å². The number of aryl methyl sites for hydroxylation is 1. The molecule has 2 saturated heterocycles. The van der Waals surface area contributed by atoms with Crippen LogP contribution in [0.2, 0.25) is 5.02 Å². The van der Waals surface area contributed by atoms with Gasteiger partial charge in [0.15, 0.2) is 0 Å². The lowest BCUT2D eigenvalue weighted by Gasteiger charge is -2.50. The van der Waals surface area contributed by atoms with Crippen molar-refractivity contribution in [3.05, 3.63) is 34.3 Å². The zero-order valence-electron chi connectivity index (χ0n) is 21.5. The molecule has 2 aliphatic heterocycles. The fraction of sp³-hybridized carbons (Fsp3) is 0.720. The fourth-order valence-corrected chi connectivity index (χ4v) is 6.52. The van der Waals surface area contributed by atoms with E-state index < -0.39 is 10.0 Å². The minimum absolute atomic E-state index is 0.169. The van der Waals surface area contributed by atoms with E-state index >= 15 is 0 Å². The minimum Gasteiger partial charge on any atom is -0.350 e. The van der Waals surface area contributed by atoms with Gasteiger partial charge in [-0.1, -0.05) is 44.9 Å². The molecular weight excluding hydrogens is 493 g/mol. The molecule has 0 atom stereocenters. The third kappa shape index (κ3) is 8.37. The number of rotatable bonds is 7. The largest absolute Gasteiger partial charge is 0.350 e. The number of amides is 1. The third-order valence-electron chi connectivity index (χ3n) is 6.48. The molecule has 0 aromatic heterocycles. The smallest absolute Gasteiger partial charge is 0.252 e. The number of hydrogen-bond donors (Lipinski definition) is 1. The van der Waals surface area contributed by atoms with E-state index in [-0.39, 0.29) is 17.2 Å². The molecule has 0 bridgehead atoms. The maximum atomic E-state index is 12.8. The summed E-state index contributed by atoms with van der Waals surface area (Å²) in [6, 6.07) is 5.45. The van der Waals surface area contributed by atoms with Crippen LogP contribution in [-0.2, 0) is 10.0 Å². The first-order valence-electron chi connectivity index (χ1n) is 12.4. The van der Waals surface area contributed by atoms with Crippen LogP contribution in [-0.4, -0.2) is 73.9 Å². The van der Waals surface area contributed by atoms with Crippen LogP contribution < -0.4 is 5.32 Å². The second-order valence-corrected chi connectivity index (χ2v) is 11.1. The molecule has 1 amide bonds. The normalized spacial score (nSPS) is 18.7. The molecule has 3 rings (SSSR count). The lowest BCUT2D eigenvalue weighted by molar-refractivity contribution is 0.0243. The highest BCUT2D eigenvalue weighted by molar-refractivity contribution is 7.89. The molecule has 196 valence electrons. The minimum atomic E-state index is -3.19. The molecule has 1 aromatic carbocycles. The molecule has 1 N–H and O–H groups in total. The molecule has 9 heteroatoms. The lowest BCUT2D eigenvalue weighted by atomic mass is 9.84. The fourth-order valence-electron chi connectivity index (χ4n) is 4.69. The van der Waals surface area contributed by atoms with E-state index in [0.29, 0.717) is 36.6 Å². The van der Waals surface area contributed by atoms with Crippen LogP contribution in [0.3, 0.4) is 0 Å². The van der Waals surface area contributed by atoms with E-state index in [1.807, 2.05) is 33.8 Å². The summed E-state index contributed by atoms with van der Waals surface area (Å²) in [5.74, 6) is 0.0317. The Labute approximate surface area is 217 Å². The summed E-state index contributed by atoms with van der Waals surface area (Å²) < 4.78 is 26.7. The molecule has 0 saturated carbocycles. The number of carbonyl (C=O) groups excluding carboxylic acids is 1. The van der Waals surface area contributed by atoms with E-state index in [0.717, 1.165) is 44.3 Å². The zero-order valence-corrected chi connectivity index (χ0v) is 23.8. The van der Waals surface area contributed by atoms with E-state index in [9.17, 15) is 13.2 Å². The number of hydrogen-bond acceptors (Lipinski definition) is 4. The van der Waals surface area contributed by atoms with Crippen LogP contribution in [0.1, 0.15) is 75.2 Å². The molecule has 0 spiro atoms. The summed E-state index contributed by atoms with van der Waals surface area (Å²) in [6.45, 7) is 11.4. The Balaban J connectivity index is 0.00000137. The number of piperidine rings is 2. The number of nitrogens with one attached hydrogen (secondary N) is 1. The average Bonchev–Trinajstić information content (AvgIpc) is 2.86. The molecule has 0 aliphatic carbocycles. The molecule has 34 heavy (non-hydrogen) atoms. The number of alkyl halides is 1. The van der Waals surface area contributed by atoms with Crippen LogP contribution >= 0.6 is 23.2 Å². The topological polar surface area (TPSA) is 69.7 Å². The van der Waals surface area contributed by atoms with Crippen molar-refractivity contribution in [1.29, 1.82) is 0 Å². The average molecular weight is 537 g/mol. The Morgan fingerprint density at radius 1 is 1.06 bits per heavy atom. The zero-order chi connectivity index (χ0) is 25.8. The van der Waals surface area contributed by atoms with Crippen LogP contribution in [0, 0.1) is 6.92 Å². The molecular formula is C25H43Cl2N3O3S. The summed E-state index contributed by atoms with van der Waals surface area (Å²) >= 11 is 10.9. The molecule has 2 fully saturated rings. The first-order valence-corrected chi connectivity index (χ1v) is 15.2. The van der Waals surface area contributed by atoms with Gasteiger partial charge in [0.1, 0.15) is 0 Å². The van der Waals surface area contributed by atoms with Crippen molar-refractivity contribution < 1.29 is 13.2 Å². The maximum absolute atomic E-state index is 12.8. The van der Waals surface area contributed by atoms with Crippen molar-refractivity contribution in [2.45, 2.75) is 71.8 Å². The molecule has 0 radical (unpaired) electrons. The van der Waals surface area contributed by atoms with E-state index in [4.69, 9.17) is 11.6 Å². The van der Waals surface area contributed by atoms with Crippen LogP contribution in [0.4, 0.5) is 0 Å².